The maximum atomic E-state index is 11.9. The molecule has 4 nitrogen and oxygen atoms in total. The Kier molecular flexibility index (Phi) is 3.00. The van der Waals surface area contributed by atoms with Crippen molar-refractivity contribution in [3.05, 3.63) is 71.8 Å². The van der Waals surface area contributed by atoms with Gasteiger partial charge < -0.3 is 11.5 Å². The van der Waals surface area contributed by atoms with Crippen LogP contribution in [0.5, 0.6) is 0 Å². The zero-order valence-electron chi connectivity index (χ0n) is 12.7. The summed E-state index contributed by atoms with van der Waals surface area (Å²) in [6.45, 7) is 0. The molecular weight excluding hydrogens is 300 g/mol. The molecule has 4 aromatic rings. The van der Waals surface area contributed by atoms with Crippen molar-refractivity contribution in [2.24, 2.45) is 11.5 Å². The molecule has 116 valence electrons. The van der Waals surface area contributed by atoms with Gasteiger partial charge in [-0.3, -0.25) is 9.59 Å². The molecule has 2 amide bonds. The lowest BCUT2D eigenvalue weighted by molar-refractivity contribution is 0.0968. The van der Waals surface area contributed by atoms with Crippen molar-refractivity contribution < 1.29 is 9.59 Å². The van der Waals surface area contributed by atoms with Gasteiger partial charge in [0.05, 0.1) is 11.1 Å². The van der Waals surface area contributed by atoms with Gasteiger partial charge in [0.2, 0.25) is 11.8 Å². The van der Waals surface area contributed by atoms with Crippen LogP contribution in [-0.2, 0) is 0 Å². The maximum absolute atomic E-state index is 11.9. The summed E-state index contributed by atoms with van der Waals surface area (Å²) in [5.41, 5.74) is 11.2. The third kappa shape index (κ3) is 2.08. The average molecular weight is 314 g/mol. The Morgan fingerprint density at radius 2 is 1.21 bits per heavy atom. The Morgan fingerprint density at radius 3 is 1.79 bits per heavy atom. The molecule has 4 aromatic carbocycles. The van der Waals surface area contributed by atoms with Crippen LogP contribution in [-0.4, -0.2) is 11.8 Å². The number of carbonyl (C=O) groups is 2. The first-order valence-electron chi connectivity index (χ1n) is 7.53. The standard InChI is InChI=1S/C20H14N2O2/c21-19(23)16-6-5-13-9-14-7-11-3-1-2-4-12(11)8-15(14)10-17(13)18(16)20(22)24/h1-10H,(H2,21,23)(H2,22,24). The van der Waals surface area contributed by atoms with E-state index in [1.54, 1.807) is 12.1 Å². The van der Waals surface area contributed by atoms with Crippen molar-refractivity contribution in [1.29, 1.82) is 0 Å². The molecule has 0 spiro atoms. The lowest BCUT2D eigenvalue weighted by Crippen LogP contribution is -2.20. The largest absolute Gasteiger partial charge is 0.366 e. The van der Waals surface area contributed by atoms with Crippen LogP contribution in [0.1, 0.15) is 20.7 Å². The summed E-state index contributed by atoms with van der Waals surface area (Å²) in [5, 5.41) is 5.77. The van der Waals surface area contributed by atoms with Crippen LogP contribution in [0.25, 0.3) is 32.3 Å². The first kappa shape index (κ1) is 14.2. The zero-order valence-corrected chi connectivity index (χ0v) is 12.7. The van der Waals surface area contributed by atoms with Gasteiger partial charge in [0.1, 0.15) is 0 Å². The second-order valence-electron chi connectivity index (χ2n) is 5.84. The third-order valence-electron chi connectivity index (χ3n) is 4.35. The predicted octanol–water partition coefficient (Wildman–Crippen LogP) is 3.34. The van der Waals surface area contributed by atoms with E-state index in [1.165, 1.54) is 0 Å². The maximum Gasteiger partial charge on any atom is 0.250 e. The summed E-state index contributed by atoms with van der Waals surface area (Å²) >= 11 is 0. The fourth-order valence-corrected chi connectivity index (χ4v) is 3.24. The van der Waals surface area contributed by atoms with Gasteiger partial charge in [-0.05, 0) is 62.6 Å². The van der Waals surface area contributed by atoms with E-state index in [0.717, 1.165) is 26.9 Å². The summed E-state index contributed by atoms with van der Waals surface area (Å²) in [5.74, 6) is -1.32. The highest BCUT2D eigenvalue weighted by Gasteiger charge is 2.17. The lowest BCUT2D eigenvalue weighted by atomic mass is 9.94. The molecule has 4 N–H and O–H groups in total. The van der Waals surface area contributed by atoms with E-state index < -0.39 is 11.8 Å². The van der Waals surface area contributed by atoms with Crippen LogP contribution in [0.2, 0.25) is 0 Å². The van der Waals surface area contributed by atoms with Crippen molar-refractivity contribution in [2.45, 2.75) is 0 Å². The van der Waals surface area contributed by atoms with Crippen LogP contribution in [0.3, 0.4) is 0 Å². The summed E-state index contributed by atoms with van der Waals surface area (Å²) in [6, 6.07) is 19.5. The minimum absolute atomic E-state index is 0.148. The zero-order chi connectivity index (χ0) is 16.8. The lowest BCUT2D eigenvalue weighted by Gasteiger charge is -2.10. The molecule has 4 heteroatoms. The molecule has 0 aliphatic carbocycles. The highest BCUT2D eigenvalue weighted by atomic mass is 16.2. The van der Waals surface area contributed by atoms with Crippen LogP contribution in [0.4, 0.5) is 0 Å². The molecule has 0 unspecified atom stereocenters. The van der Waals surface area contributed by atoms with Crippen molar-refractivity contribution in [3.8, 4) is 0 Å². The SMILES string of the molecule is NC(=O)c1ccc2cc3cc4ccccc4cc3cc2c1C(N)=O. The Bertz CT molecular complexity index is 1160. The Morgan fingerprint density at radius 1 is 0.625 bits per heavy atom. The van der Waals surface area contributed by atoms with E-state index in [2.05, 4.69) is 18.2 Å². The van der Waals surface area contributed by atoms with Crippen LogP contribution in [0, 0.1) is 0 Å². The quantitative estimate of drug-likeness (QED) is 0.556. The number of benzene rings is 4. The highest BCUT2D eigenvalue weighted by Crippen LogP contribution is 2.30. The number of nitrogens with two attached hydrogens (primary N) is 2. The predicted molar refractivity (Wildman–Crippen MR) is 96.0 cm³/mol. The second kappa shape index (κ2) is 5.06. The van der Waals surface area contributed by atoms with Crippen molar-refractivity contribution in [1.82, 2.24) is 0 Å². The molecule has 0 bridgehead atoms. The van der Waals surface area contributed by atoms with Gasteiger partial charge in [-0.15, -0.1) is 0 Å². The molecule has 0 aromatic heterocycles. The van der Waals surface area contributed by atoms with Gasteiger partial charge in [0, 0.05) is 0 Å². The van der Waals surface area contributed by atoms with Gasteiger partial charge >= 0.3 is 0 Å². The monoisotopic (exact) mass is 314 g/mol. The fraction of sp³-hybridized carbons (Fsp3) is 0. The first-order valence-corrected chi connectivity index (χ1v) is 7.53. The molecule has 24 heavy (non-hydrogen) atoms. The van der Waals surface area contributed by atoms with E-state index in [0.29, 0.717) is 5.39 Å². The molecule has 0 fully saturated rings. The van der Waals surface area contributed by atoms with Gasteiger partial charge in [-0.25, -0.2) is 0 Å². The number of fused-ring (bicyclic) bond motifs is 3. The number of primary amides is 2. The van der Waals surface area contributed by atoms with Gasteiger partial charge in [-0.1, -0.05) is 30.3 Å². The second-order valence-corrected chi connectivity index (χ2v) is 5.84. The normalized spacial score (nSPS) is 11.2. The van der Waals surface area contributed by atoms with E-state index in [4.69, 9.17) is 11.5 Å². The first-order chi connectivity index (χ1) is 11.5. The van der Waals surface area contributed by atoms with Crippen LogP contribution >= 0.6 is 0 Å². The topological polar surface area (TPSA) is 86.2 Å². The minimum Gasteiger partial charge on any atom is -0.366 e. The number of hydrogen-bond donors (Lipinski definition) is 2. The van der Waals surface area contributed by atoms with E-state index in [-0.39, 0.29) is 11.1 Å². The molecule has 0 saturated carbocycles. The number of carbonyl (C=O) groups excluding carboxylic acids is 2. The van der Waals surface area contributed by atoms with Crippen molar-refractivity contribution in [3.63, 3.8) is 0 Å². The van der Waals surface area contributed by atoms with E-state index in [1.807, 2.05) is 30.3 Å². The van der Waals surface area contributed by atoms with E-state index in [9.17, 15) is 9.59 Å². The fourth-order valence-electron chi connectivity index (χ4n) is 3.24. The Hall–Kier alpha value is -3.40. The van der Waals surface area contributed by atoms with Crippen molar-refractivity contribution in [2.75, 3.05) is 0 Å². The molecule has 0 radical (unpaired) electrons. The summed E-state index contributed by atoms with van der Waals surface area (Å²) in [7, 11) is 0. The summed E-state index contributed by atoms with van der Waals surface area (Å²) in [4.78, 5) is 23.5. The van der Waals surface area contributed by atoms with Gasteiger partial charge in [0.25, 0.3) is 0 Å². The van der Waals surface area contributed by atoms with Crippen LogP contribution in [0.15, 0.2) is 60.7 Å². The average Bonchev–Trinajstić information content (AvgIpc) is 2.56. The highest BCUT2D eigenvalue weighted by molar-refractivity contribution is 6.17. The molecule has 0 aliphatic rings. The van der Waals surface area contributed by atoms with Gasteiger partial charge in [-0.2, -0.15) is 0 Å². The number of amides is 2. The minimum atomic E-state index is -0.663. The van der Waals surface area contributed by atoms with Crippen LogP contribution < -0.4 is 11.5 Å². The molecular formula is C20H14N2O2. The molecule has 0 heterocycles. The molecule has 4 rings (SSSR count). The molecule has 0 saturated heterocycles. The van der Waals surface area contributed by atoms with Gasteiger partial charge in [0.15, 0.2) is 0 Å². The summed E-state index contributed by atoms with van der Waals surface area (Å²) < 4.78 is 0. The molecule has 0 atom stereocenters. The van der Waals surface area contributed by atoms with E-state index >= 15 is 0 Å². The summed E-state index contributed by atoms with van der Waals surface area (Å²) in [6.07, 6.45) is 0. The smallest absolute Gasteiger partial charge is 0.250 e. The van der Waals surface area contributed by atoms with Crippen molar-refractivity contribution >= 4 is 44.1 Å². The number of rotatable bonds is 2. The third-order valence-corrected chi connectivity index (χ3v) is 4.35. The molecule has 0 aliphatic heterocycles. The Balaban J connectivity index is 2.15. The number of hydrogen-bond acceptors (Lipinski definition) is 2. The Labute approximate surface area is 137 Å².